The van der Waals surface area contributed by atoms with Crippen LogP contribution in [0.25, 0.3) is 22.3 Å². The maximum atomic E-state index is 13.8. The lowest BCUT2D eigenvalue weighted by Crippen LogP contribution is -2.42. The van der Waals surface area contributed by atoms with Crippen LogP contribution in [0.15, 0.2) is 64.5 Å². The van der Waals surface area contributed by atoms with Crippen molar-refractivity contribution in [3.05, 3.63) is 76.3 Å². The van der Waals surface area contributed by atoms with Crippen LogP contribution < -0.4 is 10.9 Å². The first-order chi connectivity index (χ1) is 19.8. The normalized spacial score (nSPS) is 15.4. The first-order valence-electron chi connectivity index (χ1n) is 12.7. The zero-order valence-corrected chi connectivity index (χ0v) is 24.5. The van der Waals surface area contributed by atoms with Crippen molar-refractivity contribution in [2.45, 2.75) is 36.7 Å². The van der Waals surface area contributed by atoms with Gasteiger partial charge in [-0.1, -0.05) is 18.2 Å². The average Bonchev–Trinajstić information content (AvgIpc) is 2.94. The van der Waals surface area contributed by atoms with E-state index < -0.39 is 36.6 Å². The summed E-state index contributed by atoms with van der Waals surface area (Å²) in [5.74, 6) is 0.181. The molecule has 0 unspecified atom stereocenters. The van der Waals surface area contributed by atoms with Gasteiger partial charge in [0.05, 0.1) is 29.0 Å². The molecule has 0 aliphatic carbocycles. The minimum atomic E-state index is -3.94. The van der Waals surface area contributed by atoms with Crippen molar-refractivity contribution in [2.24, 2.45) is 0 Å². The van der Waals surface area contributed by atoms with Crippen molar-refractivity contribution in [2.75, 3.05) is 24.7 Å². The Morgan fingerprint density at radius 1 is 1.05 bits per heavy atom. The summed E-state index contributed by atoms with van der Waals surface area (Å²) in [5.41, 5.74) is -0.0153. The number of fused-ring (bicyclic) bond motifs is 1. The van der Waals surface area contributed by atoms with E-state index in [0.29, 0.717) is 42.8 Å². The van der Waals surface area contributed by atoms with Gasteiger partial charge in [-0.2, -0.15) is 4.98 Å². The highest BCUT2D eigenvalue weighted by Crippen LogP contribution is 2.25. The predicted molar refractivity (Wildman–Crippen MR) is 154 cm³/mol. The number of rotatable bonds is 8. The van der Waals surface area contributed by atoms with Gasteiger partial charge < -0.3 is 5.32 Å². The van der Waals surface area contributed by atoms with Crippen molar-refractivity contribution in [1.29, 1.82) is 0 Å². The van der Waals surface area contributed by atoms with E-state index in [0.717, 1.165) is 16.9 Å². The summed E-state index contributed by atoms with van der Waals surface area (Å²) in [7, 11) is -1.78. The fourth-order valence-electron chi connectivity index (χ4n) is 4.75. The Morgan fingerprint density at radius 2 is 1.79 bits per heavy atom. The molecular formula is C26H25ClF2N6O5S2. The van der Waals surface area contributed by atoms with Gasteiger partial charge in [0.2, 0.25) is 16.0 Å². The highest BCUT2D eigenvalue weighted by atomic mass is 35.7. The summed E-state index contributed by atoms with van der Waals surface area (Å²) < 4.78 is 77.0. The summed E-state index contributed by atoms with van der Waals surface area (Å²) >= 11 is 0. The molecule has 11 nitrogen and oxygen atoms in total. The molecule has 1 N–H and O–H groups in total. The fraction of sp³-hybridized carbons (Fsp3) is 0.308. The van der Waals surface area contributed by atoms with Crippen LogP contribution in [0.4, 0.5) is 14.7 Å². The van der Waals surface area contributed by atoms with E-state index in [1.807, 2.05) is 0 Å². The van der Waals surface area contributed by atoms with Crippen LogP contribution in [0.5, 0.6) is 0 Å². The Balaban J connectivity index is 1.44. The van der Waals surface area contributed by atoms with E-state index in [4.69, 9.17) is 10.7 Å². The quantitative estimate of drug-likeness (QED) is 0.286. The summed E-state index contributed by atoms with van der Waals surface area (Å²) in [6, 6.07) is 10.1. The van der Waals surface area contributed by atoms with Crippen LogP contribution in [-0.4, -0.2) is 66.0 Å². The van der Waals surface area contributed by atoms with Crippen LogP contribution >= 0.6 is 10.7 Å². The van der Waals surface area contributed by atoms with Crippen molar-refractivity contribution >= 4 is 46.7 Å². The number of hydrogen-bond donors (Lipinski definition) is 1. The smallest absolute Gasteiger partial charge is 0.269 e. The largest absolute Gasteiger partial charge is 0.351 e. The highest BCUT2D eigenvalue weighted by molar-refractivity contribution is 8.13. The third-order valence-electron chi connectivity index (χ3n) is 6.92. The highest BCUT2D eigenvalue weighted by Gasteiger charge is 2.26. The van der Waals surface area contributed by atoms with Crippen molar-refractivity contribution < 1.29 is 25.6 Å². The van der Waals surface area contributed by atoms with E-state index >= 15 is 0 Å². The molecular weight excluding hydrogens is 614 g/mol. The lowest BCUT2D eigenvalue weighted by atomic mass is 10.1. The van der Waals surface area contributed by atoms with E-state index in [1.165, 1.54) is 34.9 Å². The second-order valence-corrected chi connectivity index (χ2v) is 14.4. The van der Waals surface area contributed by atoms with Gasteiger partial charge in [0.15, 0.2) is 0 Å². The summed E-state index contributed by atoms with van der Waals surface area (Å²) in [4.78, 5) is 26.1. The van der Waals surface area contributed by atoms with Crippen molar-refractivity contribution in [1.82, 2.24) is 23.8 Å². The molecule has 4 aromatic rings. The zero-order chi connectivity index (χ0) is 30.2. The number of anilines is 1. The second-order valence-electron chi connectivity index (χ2n) is 9.86. The SMILES string of the molecule is CS(=O)(=O)N1CCC(Nc2ncc3cc(C(F)F)c(=O)n(Cc4ccc(-c5cccc(S(=O)(=O)Cl)c5)nc4)c3n2)CC1. The molecule has 1 aromatic carbocycles. The van der Waals surface area contributed by atoms with Crippen molar-refractivity contribution in [3.8, 4) is 11.3 Å². The topological polar surface area (TPSA) is 144 Å². The Morgan fingerprint density at radius 3 is 2.40 bits per heavy atom. The standard InChI is InChI=1S/C26H25ClF2N6O5S2/c1-41(37,38)34-9-7-19(8-10-34)32-26-31-14-18-12-21(23(28)29)25(36)35(24(18)33-26)15-16-5-6-22(30-13-16)17-3-2-4-20(11-17)42(27,39)40/h2-6,11-14,19,23H,7-10,15H2,1H3,(H,31,32,33). The van der Waals surface area contributed by atoms with Gasteiger partial charge >= 0.3 is 0 Å². The minimum absolute atomic E-state index is 0.0839. The van der Waals surface area contributed by atoms with Gasteiger partial charge in [0.25, 0.3) is 21.0 Å². The number of nitrogens with one attached hydrogen (secondary N) is 1. The number of nitrogens with zero attached hydrogens (tertiary/aromatic N) is 5. The maximum Gasteiger partial charge on any atom is 0.269 e. The maximum absolute atomic E-state index is 13.8. The van der Waals surface area contributed by atoms with E-state index in [-0.39, 0.29) is 34.5 Å². The molecule has 0 amide bonds. The van der Waals surface area contributed by atoms with Gasteiger partial charge in [-0.05, 0) is 42.7 Å². The van der Waals surface area contributed by atoms with Gasteiger partial charge in [0.1, 0.15) is 5.65 Å². The average molecular weight is 639 g/mol. The molecule has 4 heterocycles. The van der Waals surface area contributed by atoms with Crippen molar-refractivity contribution in [3.63, 3.8) is 0 Å². The number of benzene rings is 1. The molecule has 1 aliphatic heterocycles. The zero-order valence-electron chi connectivity index (χ0n) is 22.1. The molecule has 42 heavy (non-hydrogen) atoms. The molecule has 1 saturated heterocycles. The molecule has 0 radical (unpaired) electrons. The second kappa shape index (κ2) is 11.6. The number of aromatic nitrogens is 4. The number of piperidine rings is 1. The molecule has 222 valence electrons. The Labute approximate surface area is 244 Å². The molecule has 3 aromatic heterocycles. The molecule has 0 spiro atoms. The van der Waals surface area contributed by atoms with Gasteiger partial charge in [0, 0.05) is 53.2 Å². The van der Waals surface area contributed by atoms with E-state index in [2.05, 4.69) is 20.3 Å². The number of halogens is 3. The lowest BCUT2D eigenvalue weighted by Gasteiger charge is -2.30. The van der Waals surface area contributed by atoms with E-state index in [1.54, 1.807) is 18.2 Å². The number of sulfonamides is 1. The fourth-order valence-corrected chi connectivity index (χ4v) is 6.42. The van der Waals surface area contributed by atoms with Crippen LogP contribution in [0, 0.1) is 0 Å². The van der Waals surface area contributed by atoms with Gasteiger partial charge in [-0.15, -0.1) is 0 Å². The van der Waals surface area contributed by atoms with E-state index in [9.17, 15) is 30.4 Å². The van der Waals surface area contributed by atoms with Gasteiger partial charge in [-0.25, -0.2) is 34.9 Å². The third kappa shape index (κ3) is 6.59. The molecule has 1 aliphatic rings. The number of hydrogen-bond acceptors (Lipinski definition) is 9. The molecule has 0 atom stereocenters. The molecule has 1 fully saturated rings. The Bertz CT molecular complexity index is 1910. The molecule has 5 rings (SSSR count). The monoisotopic (exact) mass is 638 g/mol. The predicted octanol–water partition coefficient (Wildman–Crippen LogP) is 3.60. The van der Waals surface area contributed by atoms with Gasteiger partial charge in [-0.3, -0.25) is 14.3 Å². The van der Waals surface area contributed by atoms with Crippen LogP contribution in [-0.2, 0) is 25.6 Å². The Hall–Kier alpha value is -3.53. The molecule has 0 bridgehead atoms. The summed E-state index contributed by atoms with van der Waals surface area (Å²) in [6.07, 6.45) is 2.00. The summed E-state index contributed by atoms with van der Waals surface area (Å²) in [5, 5.41) is 3.40. The lowest BCUT2D eigenvalue weighted by molar-refractivity contribution is 0.149. The Kier molecular flexibility index (Phi) is 8.29. The molecule has 16 heteroatoms. The van der Waals surface area contributed by atoms with Crippen LogP contribution in [0.3, 0.4) is 0 Å². The minimum Gasteiger partial charge on any atom is -0.351 e. The third-order valence-corrected chi connectivity index (χ3v) is 9.58. The van der Waals surface area contributed by atoms with Crippen LogP contribution in [0.2, 0.25) is 0 Å². The number of alkyl halides is 2. The number of pyridine rings is 2. The first kappa shape index (κ1) is 29.9. The molecule has 0 saturated carbocycles. The summed E-state index contributed by atoms with van der Waals surface area (Å²) in [6.45, 7) is 0.547. The van der Waals surface area contributed by atoms with Crippen LogP contribution in [0.1, 0.15) is 30.4 Å². The first-order valence-corrected chi connectivity index (χ1v) is 16.9.